The zero-order chi connectivity index (χ0) is 28.6. The lowest BCUT2D eigenvalue weighted by atomic mass is 9.89. The average Bonchev–Trinajstić information content (AvgIpc) is 3.53. The van der Waals surface area contributed by atoms with Gasteiger partial charge >= 0.3 is 0 Å². The molecule has 0 amide bonds. The standard InChI is InChI=1S/C32H10F2N6/c33-31-27-21(15-39)23(17-7-3-1-4-8-17)25(19(11-35)12-36)29(27)32(34)28-22(16-40)24(18-9-5-2-6-10-18)26(30(28)31)20(13-37)14-38/h1-10H. The quantitative estimate of drug-likeness (QED) is 0.358. The molecular weight excluding hydrogens is 506 g/mol. The lowest BCUT2D eigenvalue weighted by Gasteiger charge is -2.14. The maximum absolute atomic E-state index is 16.8. The number of nitrogens with zero attached hydrogens (tertiary/aromatic N) is 6. The van der Waals surface area contributed by atoms with E-state index in [1.807, 2.05) is 12.1 Å². The van der Waals surface area contributed by atoms with E-state index in [2.05, 4.69) is 0 Å². The normalized spacial score (nSPS) is 12.8. The fourth-order valence-electron chi connectivity index (χ4n) is 5.16. The topological polar surface area (TPSA) is 143 Å². The second-order valence-electron chi connectivity index (χ2n) is 8.53. The maximum atomic E-state index is 16.8. The summed E-state index contributed by atoms with van der Waals surface area (Å²) in [5, 5.41) is 59.4. The van der Waals surface area contributed by atoms with Crippen LogP contribution in [0.25, 0.3) is 33.4 Å². The van der Waals surface area contributed by atoms with Crippen molar-refractivity contribution < 1.29 is 8.78 Å². The summed E-state index contributed by atoms with van der Waals surface area (Å²) in [5.41, 5.74) is -3.77. The first-order chi connectivity index (χ1) is 19.5. The predicted molar refractivity (Wildman–Crippen MR) is 140 cm³/mol. The molecule has 0 spiro atoms. The van der Waals surface area contributed by atoms with E-state index < -0.39 is 45.0 Å². The van der Waals surface area contributed by atoms with Crippen molar-refractivity contribution in [2.24, 2.45) is 0 Å². The summed E-state index contributed by atoms with van der Waals surface area (Å²) in [6.45, 7) is 0. The molecule has 2 aliphatic carbocycles. The number of hydrogen-bond acceptors (Lipinski definition) is 6. The molecule has 40 heavy (non-hydrogen) atoms. The minimum atomic E-state index is -1.15. The van der Waals surface area contributed by atoms with Gasteiger partial charge in [-0.3, -0.25) is 0 Å². The molecule has 0 aliphatic heterocycles. The van der Waals surface area contributed by atoms with Gasteiger partial charge in [0.15, 0.2) is 0 Å². The molecule has 0 bridgehead atoms. The lowest BCUT2D eigenvalue weighted by molar-refractivity contribution is 0.590. The number of nitriles is 6. The van der Waals surface area contributed by atoms with Gasteiger partial charge < -0.3 is 0 Å². The molecule has 0 heterocycles. The van der Waals surface area contributed by atoms with Gasteiger partial charge in [0.1, 0.15) is 59.2 Å². The molecule has 5 rings (SSSR count). The summed E-state index contributed by atoms with van der Waals surface area (Å²) in [5.74, 6) is -2.31. The van der Waals surface area contributed by atoms with Crippen LogP contribution in [0.2, 0.25) is 0 Å². The monoisotopic (exact) mass is 516 g/mol. The molecule has 182 valence electrons. The molecule has 3 aromatic rings. The van der Waals surface area contributed by atoms with Crippen molar-refractivity contribution in [3.63, 3.8) is 0 Å². The summed E-state index contributed by atoms with van der Waals surface area (Å²) >= 11 is 0. The Labute approximate surface area is 227 Å². The van der Waals surface area contributed by atoms with E-state index in [-0.39, 0.29) is 33.4 Å². The average molecular weight is 516 g/mol. The largest absolute Gasteiger partial charge is 0.206 e. The molecule has 0 unspecified atom stereocenters. The Bertz CT molecular complexity index is 1870. The van der Waals surface area contributed by atoms with Crippen LogP contribution in [0.3, 0.4) is 0 Å². The Hall–Kier alpha value is -6.58. The van der Waals surface area contributed by atoms with E-state index in [0.29, 0.717) is 11.1 Å². The minimum absolute atomic E-state index is 0.0187. The van der Waals surface area contributed by atoms with Crippen LogP contribution in [0.1, 0.15) is 33.4 Å². The van der Waals surface area contributed by atoms with E-state index >= 15 is 8.78 Å². The molecule has 0 saturated heterocycles. The summed E-state index contributed by atoms with van der Waals surface area (Å²) < 4.78 is 33.6. The van der Waals surface area contributed by atoms with Crippen molar-refractivity contribution in [1.29, 1.82) is 31.6 Å². The van der Waals surface area contributed by atoms with Crippen LogP contribution in [0.5, 0.6) is 0 Å². The number of benzene rings is 3. The van der Waals surface area contributed by atoms with Gasteiger partial charge in [0, 0.05) is 44.5 Å². The van der Waals surface area contributed by atoms with Crippen molar-refractivity contribution in [3.8, 4) is 36.4 Å². The van der Waals surface area contributed by atoms with E-state index in [1.165, 1.54) is 0 Å². The zero-order valence-corrected chi connectivity index (χ0v) is 20.2. The third kappa shape index (κ3) is 3.33. The third-order valence-electron chi connectivity index (χ3n) is 6.67. The summed E-state index contributed by atoms with van der Waals surface area (Å²) in [6.07, 6.45) is 0. The summed E-state index contributed by atoms with van der Waals surface area (Å²) in [4.78, 5) is 0. The molecule has 0 N–H and O–H groups in total. The molecule has 2 aliphatic rings. The fraction of sp³-hybridized carbons (Fsp3) is 0. The van der Waals surface area contributed by atoms with Crippen LogP contribution >= 0.6 is 0 Å². The summed E-state index contributed by atoms with van der Waals surface area (Å²) in [7, 11) is 0. The molecule has 3 aromatic carbocycles. The van der Waals surface area contributed by atoms with Crippen molar-refractivity contribution in [2.45, 2.75) is 0 Å². The van der Waals surface area contributed by atoms with Crippen LogP contribution in [0.4, 0.5) is 8.78 Å². The van der Waals surface area contributed by atoms with Gasteiger partial charge in [-0.15, -0.1) is 0 Å². The molecule has 6 nitrogen and oxygen atoms in total. The molecule has 0 aromatic heterocycles. The van der Waals surface area contributed by atoms with Gasteiger partial charge in [-0.1, -0.05) is 60.7 Å². The van der Waals surface area contributed by atoms with Crippen molar-refractivity contribution in [2.75, 3.05) is 0 Å². The number of halogens is 2. The highest BCUT2D eigenvalue weighted by molar-refractivity contribution is 6.30. The second-order valence-corrected chi connectivity index (χ2v) is 8.53. The highest BCUT2D eigenvalue weighted by atomic mass is 19.1. The number of fused-ring (bicyclic) bond motifs is 2. The Kier molecular flexibility index (Phi) is 6.09. The molecular formula is C32H10F2N6. The number of allylic oxidation sites excluding steroid dienone is 8. The SMILES string of the molecule is N#CC(C#N)=C1C(c2ccccc2)=C(C#N)c2c(F)c3c(c(F)c21)C(C#N)=C(c1ccccc1)C3=C(C#N)C#N. The maximum Gasteiger partial charge on any atom is 0.141 e. The van der Waals surface area contributed by atoms with Crippen LogP contribution in [-0.2, 0) is 0 Å². The van der Waals surface area contributed by atoms with Crippen molar-refractivity contribution >= 4 is 33.4 Å². The van der Waals surface area contributed by atoms with Gasteiger partial charge in [-0.05, 0) is 11.1 Å². The van der Waals surface area contributed by atoms with Gasteiger partial charge in [0.05, 0.1) is 11.1 Å². The lowest BCUT2D eigenvalue weighted by Crippen LogP contribution is -2.05. The highest BCUT2D eigenvalue weighted by Gasteiger charge is 2.44. The third-order valence-corrected chi connectivity index (χ3v) is 6.67. The first-order valence-corrected chi connectivity index (χ1v) is 11.5. The van der Waals surface area contributed by atoms with Crippen LogP contribution in [0, 0.1) is 79.6 Å². The minimum Gasteiger partial charge on any atom is -0.206 e. The van der Waals surface area contributed by atoms with Crippen LogP contribution < -0.4 is 0 Å². The number of rotatable bonds is 2. The highest BCUT2D eigenvalue weighted by Crippen LogP contribution is 2.56. The van der Waals surface area contributed by atoms with E-state index in [9.17, 15) is 31.6 Å². The molecule has 0 atom stereocenters. The predicted octanol–water partition coefficient (Wildman–Crippen LogP) is 6.46. The fourth-order valence-corrected chi connectivity index (χ4v) is 5.16. The van der Waals surface area contributed by atoms with Crippen LogP contribution in [-0.4, -0.2) is 0 Å². The zero-order valence-electron chi connectivity index (χ0n) is 20.2. The number of hydrogen-bond donors (Lipinski definition) is 0. The first kappa shape index (κ1) is 25.1. The molecule has 0 saturated carbocycles. The van der Waals surface area contributed by atoms with Gasteiger partial charge in [-0.2, -0.15) is 31.6 Å². The Balaban J connectivity index is 2.05. The van der Waals surface area contributed by atoms with Crippen LogP contribution in [0.15, 0.2) is 71.8 Å². The van der Waals surface area contributed by atoms with Crippen molar-refractivity contribution in [1.82, 2.24) is 0 Å². The Morgan fingerprint density at radius 3 is 1.07 bits per heavy atom. The molecule has 0 fully saturated rings. The van der Waals surface area contributed by atoms with E-state index in [0.717, 1.165) is 0 Å². The van der Waals surface area contributed by atoms with Gasteiger partial charge in [-0.25, -0.2) is 8.78 Å². The van der Waals surface area contributed by atoms with Gasteiger partial charge in [0.25, 0.3) is 0 Å². The Morgan fingerprint density at radius 2 is 0.800 bits per heavy atom. The van der Waals surface area contributed by atoms with E-state index in [4.69, 9.17) is 0 Å². The molecule has 8 heteroatoms. The first-order valence-electron chi connectivity index (χ1n) is 11.5. The summed E-state index contributed by atoms with van der Waals surface area (Å²) in [6, 6.07) is 26.8. The smallest absolute Gasteiger partial charge is 0.141 e. The van der Waals surface area contributed by atoms with Gasteiger partial charge in [0.2, 0.25) is 0 Å². The Morgan fingerprint density at radius 1 is 0.475 bits per heavy atom. The van der Waals surface area contributed by atoms with Crippen molar-refractivity contribution in [3.05, 3.63) is 117 Å². The van der Waals surface area contributed by atoms with E-state index in [1.54, 1.807) is 84.9 Å². The second kappa shape index (κ2) is 9.71. The molecule has 0 radical (unpaired) electrons.